The number of hydrogen-bond acceptors (Lipinski definition) is 3. The number of halogens is 4. The fourth-order valence-electron chi connectivity index (χ4n) is 1.20. The minimum Gasteiger partial charge on any atom is -0.461 e. The molecule has 0 saturated heterocycles. The van der Waals surface area contributed by atoms with Crippen LogP contribution < -0.4 is 0 Å². The molecule has 0 radical (unpaired) electrons. The van der Waals surface area contributed by atoms with Gasteiger partial charge in [0.15, 0.2) is 5.69 Å². The van der Waals surface area contributed by atoms with Gasteiger partial charge in [0.1, 0.15) is 0 Å². The van der Waals surface area contributed by atoms with Gasteiger partial charge in [-0.3, -0.25) is 0 Å². The number of alkyl halides is 3. The lowest BCUT2D eigenvalue weighted by molar-refractivity contribution is 0.0517. The van der Waals surface area contributed by atoms with Gasteiger partial charge in [0.25, 0.3) is 6.43 Å². The summed E-state index contributed by atoms with van der Waals surface area (Å²) in [5.74, 6) is -0.739. The third-order valence-electron chi connectivity index (χ3n) is 1.99. The SMILES string of the molecule is CCOC(=O)c1ncc(C(F)F)c(CCl)c1I. The van der Waals surface area contributed by atoms with Crippen LogP contribution in [0.5, 0.6) is 0 Å². The van der Waals surface area contributed by atoms with E-state index >= 15 is 0 Å². The molecule has 7 heteroatoms. The van der Waals surface area contributed by atoms with Crippen molar-refractivity contribution < 1.29 is 18.3 Å². The van der Waals surface area contributed by atoms with Gasteiger partial charge in [-0.2, -0.15) is 0 Å². The molecule has 3 nitrogen and oxygen atoms in total. The second kappa shape index (κ2) is 6.44. The zero-order valence-corrected chi connectivity index (χ0v) is 11.8. The van der Waals surface area contributed by atoms with Crippen molar-refractivity contribution in [2.75, 3.05) is 6.61 Å². The molecule has 0 aliphatic rings. The summed E-state index contributed by atoms with van der Waals surface area (Å²) in [4.78, 5) is 15.2. The molecule has 1 rings (SSSR count). The Morgan fingerprint density at radius 3 is 2.76 bits per heavy atom. The van der Waals surface area contributed by atoms with Crippen LogP contribution in [0.25, 0.3) is 0 Å². The summed E-state index contributed by atoms with van der Waals surface area (Å²) >= 11 is 7.39. The van der Waals surface area contributed by atoms with Crippen molar-refractivity contribution in [3.63, 3.8) is 0 Å². The fourth-order valence-corrected chi connectivity index (χ4v) is 2.58. The molecule has 1 aromatic heterocycles. The van der Waals surface area contributed by atoms with Crippen LogP contribution in [-0.2, 0) is 10.6 Å². The molecule has 0 amide bonds. The summed E-state index contributed by atoms with van der Waals surface area (Å²) in [5, 5.41) is 0. The van der Waals surface area contributed by atoms with Gasteiger partial charge in [0, 0.05) is 17.6 Å². The van der Waals surface area contributed by atoms with Crippen molar-refractivity contribution in [1.29, 1.82) is 0 Å². The molecule has 0 N–H and O–H groups in total. The number of ether oxygens (including phenoxy) is 1. The lowest BCUT2D eigenvalue weighted by Crippen LogP contribution is -2.12. The van der Waals surface area contributed by atoms with E-state index in [-0.39, 0.29) is 29.3 Å². The normalized spacial score (nSPS) is 10.7. The number of esters is 1. The Morgan fingerprint density at radius 2 is 2.29 bits per heavy atom. The van der Waals surface area contributed by atoms with Crippen LogP contribution in [0.1, 0.15) is 35.0 Å². The van der Waals surface area contributed by atoms with Crippen LogP contribution in [0.15, 0.2) is 6.20 Å². The quantitative estimate of drug-likeness (QED) is 0.459. The lowest BCUT2D eigenvalue weighted by atomic mass is 10.1. The van der Waals surface area contributed by atoms with Crippen LogP contribution >= 0.6 is 34.2 Å². The number of rotatable bonds is 4. The highest BCUT2D eigenvalue weighted by Gasteiger charge is 2.22. The highest BCUT2D eigenvalue weighted by Crippen LogP contribution is 2.28. The number of pyridine rings is 1. The van der Waals surface area contributed by atoms with Gasteiger partial charge in [0.05, 0.1) is 10.2 Å². The number of carbonyl (C=O) groups excluding carboxylic acids is 1. The maximum atomic E-state index is 12.7. The molecule has 1 aromatic rings. The van der Waals surface area contributed by atoms with Gasteiger partial charge in [-0.05, 0) is 35.1 Å². The van der Waals surface area contributed by atoms with E-state index in [9.17, 15) is 13.6 Å². The molecule has 0 aliphatic carbocycles. The molecule has 0 fully saturated rings. The molecular formula is C10H9ClF2INO2. The van der Waals surface area contributed by atoms with Crippen molar-refractivity contribution in [2.24, 2.45) is 0 Å². The van der Waals surface area contributed by atoms with Gasteiger partial charge in [0.2, 0.25) is 0 Å². The van der Waals surface area contributed by atoms with Crippen molar-refractivity contribution >= 4 is 40.2 Å². The molecule has 0 spiro atoms. The van der Waals surface area contributed by atoms with Crippen LogP contribution in [0.3, 0.4) is 0 Å². The lowest BCUT2D eigenvalue weighted by Gasteiger charge is -2.11. The predicted molar refractivity (Wildman–Crippen MR) is 67.4 cm³/mol. The maximum Gasteiger partial charge on any atom is 0.358 e. The Morgan fingerprint density at radius 1 is 1.65 bits per heavy atom. The van der Waals surface area contributed by atoms with Gasteiger partial charge in [-0.25, -0.2) is 18.6 Å². The first-order valence-electron chi connectivity index (χ1n) is 4.71. The molecule has 0 unspecified atom stereocenters. The van der Waals surface area contributed by atoms with E-state index in [2.05, 4.69) is 4.98 Å². The Hall–Kier alpha value is -0.500. The first kappa shape index (κ1) is 14.6. The van der Waals surface area contributed by atoms with Gasteiger partial charge in [-0.15, -0.1) is 11.6 Å². The second-order valence-corrected chi connectivity index (χ2v) is 4.36. The van der Waals surface area contributed by atoms with E-state index in [0.29, 0.717) is 3.57 Å². The molecule has 0 saturated carbocycles. The first-order valence-corrected chi connectivity index (χ1v) is 6.32. The zero-order valence-electron chi connectivity index (χ0n) is 8.84. The fraction of sp³-hybridized carbons (Fsp3) is 0.400. The largest absolute Gasteiger partial charge is 0.461 e. The molecule has 94 valence electrons. The Kier molecular flexibility index (Phi) is 5.51. The number of carbonyl (C=O) groups is 1. The van der Waals surface area contributed by atoms with Crippen LogP contribution in [0.4, 0.5) is 8.78 Å². The van der Waals surface area contributed by atoms with Crippen molar-refractivity contribution in [3.8, 4) is 0 Å². The van der Waals surface area contributed by atoms with Crippen LogP contribution in [0.2, 0.25) is 0 Å². The first-order chi connectivity index (χ1) is 8.02. The third-order valence-corrected chi connectivity index (χ3v) is 3.42. The Balaban J connectivity index is 3.24. The van der Waals surface area contributed by atoms with E-state index in [1.165, 1.54) is 0 Å². The number of aromatic nitrogens is 1. The van der Waals surface area contributed by atoms with E-state index < -0.39 is 12.4 Å². The van der Waals surface area contributed by atoms with Crippen LogP contribution in [-0.4, -0.2) is 17.6 Å². The summed E-state index contributed by atoms with van der Waals surface area (Å²) in [7, 11) is 0. The van der Waals surface area contributed by atoms with E-state index in [4.69, 9.17) is 16.3 Å². The monoisotopic (exact) mass is 375 g/mol. The van der Waals surface area contributed by atoms with E-state index in [1.807, 2.05) is 0 Å². The second-order valence-electron chi connectivity index (χ2n) is 3.01. The third kappa shape index (κ3) is 3.25. The molecule has 0 atom stereocenters. The molecule has 0 bridgehead atoms. The summed E-state index contributed by atoms with van der Waals surface area (Å²) in [6, 6.07) is 0. The topological polar surface area (TPSA) is 39.2 Å². The summed E-state index contributed by atoms with van der Waals surface area (Å²) in [5.41, 5.74) is -0.00901. The summed E-state index contributed by atoms with van der Waals surface area (Å²) in [6.45, 7) is 1.85. The molecule has 17 heavy (non-hydrogen) atoms. The minimum absolute atomic E-state index is 0.0208. The molecule has 0 aromatic carbocycles. The van der Waals surface area contributed by atoms with Crippen molar-refractivity contribution in [3.05, 3.63) is 26.6 Å². The Labute approximate surface area is 116 Å². The number of hydrogen-bond donors (Lipinski definition) is 0. The maximum absolute atomic E-state index is 12.7. The van der Waals surface area contributed by atoms with Gasteiger partial charge in [-0.1, -0.05) is 0 Å². The van der Waals surface area contributed by atoms with Crippen LogP contribution in [0, 0.1) is 3.57 Å². The summed E-state index contributed by atoms with van der Waals surface area (Å²) < 4.78 is 30.4. The number of nitrogens with zero attached hydrogens (tertiary/aromatic N) is 1. The summed E-state index contributed by atoms with van der Waals surface area (Å²) in [6.07, 6.45) is -1.70. The van der Waals surface area contributed by atoms with Crippen molar-refractivity contribution in [1.82, 2.24) is 4.98 Å². The molecular weight excluding hydrogens is 366 g/mol. The zero-order chi connectivity index (χ0) is 13.0. The van der Waals surface area contributed by atoms with E-state index in [1.54, 1.807) is 29.5 Å². The minimum atomic E-state index is -2.67. The molecule has 0 aliphatic heterocycles. The smallest absolute Gasteiger partial charge is 0.358 e. The average molecular weight is 376 g/mol. The Bertz CT molecular complexity index is 429. The van der Waals surface area contributed by atoms with Crippen molar-refractivity contribution in [2.45, 2.75) is 19.2 Å². The average Bonchev–Trinajstić information content (AvgIpc) is 2.28. The standard InChI is InChI=1S/C10H9ClF2INO2/c1-2-17-10(16)8-7(14)5(3-11)6(4-15-8)9(12)13/h4,9H,2-3H2,1H3. The highest BCUT2D eigenvalue weighted by atomic mass is 127. The van der Waals surface area contributed by atoms with E-state index in [0.717, 1.165) is 6.20 Å². The van der Waals surface area contributed by atoms with Gasteiger partial charge >= 0.3 is 5.97 Å². The van der Waals surface area contributed by atoms with Gasteiger partial charge < -0.3 is 4.74 Å². The molecule has 1 heterocycles. The highest BCUT2D eigenvalue weighted by molar-refractivity contribution is 14.1. The predicted octanol–water partition coefficient (Wildman–Crippen LogP) is 3.54.